The smallest absolute Gasteiger partial charge is 0.244 e. The van der Waals surface area contributed by atoms with E-state index >= 15 is 0 Å². The predicted molar refractivity (Wildman–Crippen MR) is 98.8 cm³/mol. The molecule has 0 aliphatic carbocycles. The number of aliphatic hydroxyl groups excluding tert-OH is 1. The molecule has 1 aliphatic heterocycles. The molecule has 0 unspecified atom stereocenters. The van der Waals surface area contributed by atoms with Crippen LogP contribution in [0.2, 0.25) is 0 Å². The fraction of sp³-hybridized carbons (Fsp3) is 0.550. The van der Waals surface area contributed by atoms with Crippen molar-refractivity contribution in [3.63, 3.8) is 0 Å². The van der Waals surface area contributed by atoms with Gasteiger partial charge in [-0.2, -0.15) is 0 Å². The van der Waals surface area contributed by atoms with E-state index in [2.05, 4.69) is 48.3 Å². The number of likely N-dealkylation sites (tertiary alicyclic amines) is 1. The fourth-order valence-corrected chi connectivity index (χ4v) is 3.02. The summed E-state index contributed by atoms with van der Waals surface area (Å²) in [6.45, 7) is 7.73. The van der Waals surface area contributed by atoms with Crippen LogP contribution in [0.15, 0.2) is 30.3 Å². The predicted octanol–water partition coefficient (Wildman–Crippen LogP) is 2.75. The van der Waals surface area contributed by atoms with Gasteiger partial charge in [-0.05, 0) is 50.3 Å². The monoisotopic (exact) mass is 330 g/mol. The van der Waals surface area contributed by atoms with E-state index < -0.39 is 0 Å². The number of aliphatic hydroxyl groups is 1. The first kappa shape index (κ1) is 18.7. The number of allylic oxidation sites excluding steroid dienone is 1. The molecule has 2 rings (SSSR count). The molecule has 4 heteroatoms. The zero-order chi connectivity index (χ0) is 17.4. The van der Waals surface area contributed by atoms with E-state index in [0.717, 1.165) is 56.5 Å². The molecule has 1 amide bonds. The number of carbonyl (C=O) groups excluding carboxylic acids is 1. The molecule has 1 fully saturated rings. The van der Waals surface area contributed by atoms with Crippen molar-refractivity contribution in [1.29, 1.82) is 0 Å². The summed E-state index contributed by atoms with van der Waals surface area (Å²) in [5, 5.41) is 12.5. The van der Waals surface area contributed by atoms with E-state index in [1.807, 2.05) is 0 Å². The van der Waals surface area contributed by atoms with Crippen molar-refractivity contribution in [1.82, 2.24) is 10.2 Å². The Hall–Kier alpha value is -1.65. The molecule has 24 heavy (non-hydrogen) atoms. The van der Waals surface area contributed by atoms with Crippen LogP contribution in [0.5, 0.6) is 0 Å². The number of nitrogens with zero attached hydrogens (tertiary/aromatic N) is 1. The van der Waals surface area contributed by atoms with Crippen LogP contribution in [-0.4, -0.2) is 48.2 Å². The molecule has 1 aliphatic rings. The maximum absolute atomic E-state index is 12.1. The van der Waals surface area contributed by atoms with Crippen molar-refractivity contribution < 1.29 is 9.90 Å². The van der Waals surface area contributed by atoms with E-state index in [1.54, 1.807) is 6.08 Å². The maximum atomic E-state index is 12.1. The summed E-state index contributed by atoms with van der Waals surface area (Å²) in [7, 11) is 0. The van der Waals surface area contributed by atoms with Crippen molar-refractivity contribution in [2.24, 2.45) is 0 Å². The number of amides is 1. The minimum absolute atomic E-state index is 0.0125. The average molecular weight is 330 g/mol. The number of piperidine rings is 1. The first-order valence-electron chi connectivity index (χ1n) is 9.04. The van der Waals surface area contributed by atoms with Gasteiger partial charge in [-0.25, -0.2) is 0 Å². The quantitative estimate of drug-likeness (QED) is 0.597. The molecule has 1 saturated heterocycles. The second kappa shape index (κ2) is 9.60. The summed E-state index contributed by atoms with van der Waals surface area (Å²) < 4.78 is 0. The van der Waals surface area contributed by atoms with E-state index in [0.29, 0.717) is 6.54 Å². The molecular weight excluding hydrogens is 300 g/mol. The lowest BCUT2D eigenvalue weighted by atomic mass is 10.0. The van der Waals surface area contributed by atoms with Crippen LogP contribution in [0.1, 0.15) is 43.7 Å². The molecule has 2 N–H and O–H groups in total. The van der Waals surface area contributed by atoms with Gasteiger partial charge < -0.3 is 15.3 Å². The van der Waals surface area contributed by atoms with Crippen LogP contribution in [0.3, 0.4) is 0 Å². The molecule has 0 aromatic heterocycles. The highest BCUT2D eigenvalue weighted by Gasteiger charge is 2.16. The van der Waals surface area contributed by atoms with Gasteiger partial charge >= 0.3 is 0 Å². The summed E-state index contributed by atoms with van der Waals surface area (Å²) in [6.07, 6.45) is 5.12. The molecule has 0 radical (unpaired) electrons. The second-order valence-electron chi connectivity index (χ2n) is 6.61. The van der Waals surface area contributed by atoms with Gasteiger partial charge in [0, 0.05) is 25.7 Å². The van der Waals surface area contributed by atoms with Gasteiger partial charge in [0.15, 0.2) is 0 Å². The molecule has 4 nitrogen and oxygen atoms in total. The number of carbonyl (C=O) groups is 1. The lowest BCUT2D eigenvalue weighted by Gasteiger charge is -2.29. The summed E-state index contributed by atoms with van der Waals surface area (Å²) in [6, 6.07) is 8.30. The van der Waals surface area contributed by atoms with Gasteiger partial charge in [0.05, 0.1) is 6.10 Å². The number of nitrogens with one attached hydrogen (secondary N) is 1. The van der Waals surface area contributed by atoms with E-state index in [9.17, 15) is 9.90 Å². The lowest BCUT2D eigenvalue weighted by Crippen LogP contribution is -2.37. The molecule has 0 spiro atoms. The third-order valence-corrected chi connectivity index (χ3v) is 4.62. The summed E-state index contributed by atoms with van der Waals surface area (Å²) in [5.74, 6) is -0.0125. The number of benzene rings is 1. The molecule has 1 aromatic rings. The minimum atomic E-state index is -0.125. The maximum Gasteiger partial charge on any atom is 0.244 e. The number of rotatable bonds is 7. The molecule has 0 saturated carbocycles. The van der Waals surface area contributed by atoms with Crippen LogP contribution >= 0.6 is 0 Å². The zero-order valence-electron chi connectivity index (χ0n) is 14.9. The fourth-order valence-electron chi connectivity index (χ4n) is 3.02. The Morgan fingerprint density at radius 2 is 1.96 bits per heavy atom. The van der Waals surface area contributed by atoms with Crippen molar-refractivity contribution in [3.05, 3.63) is 41.5 Å². The van der Waals surface area contributed by atoms with Crippen LogP contribution in [0.4, 0.5) is 0 Å². The zero-order valence-corrected chi connectivity index (χ0v) is 14.9. The summed E-state index contributed by atoms with van der Waals surface area (Å²) >= 11 is 0. The van der Waals surface area contributed by atoms with E-state index in [4.69, 9.17) is 0 Å². The van der Waals surface area contributed by atoms with E-state index in [1.165, 1.54) is 5.56 Å². The number of hydrogen-bond acceptors (Lipinski definition) is 3. The van der Waals surface area contributed by atoms with Gasteiger partial charge in [-0.1, -0.05) is 36.8 Å². The van der Waals surface area contributed by atoms with Gasteiger partial charge in [-0.3, -0.25) is 4.79 Å². The van der Waals surface area contributed by atoms with Crippen molar-refractivity contribution in [2.45, 2.75) is 45.6 Å². The van der Waals surface area contributed by atoms with Gasteiger partial charge in [0.25, 0.3) is 0 Å². The number of hydrogen-bond donors (Lipinski definition) is 2. The minimum Gasteiger partial charge on any atom is -0.393 e. The largest absolute Gasteiger partial charge is 0.393 e. The van der Waals surface area contributed by atoms with Gasteiger partial charge in [0.1, 0.15) is 0 Å². The van der Waals surface area contributed by atoms with Crippen LogP contribution in [0.25, 0.3) is 5.57 Å². The molecule has 132 valence electrons. The highest BCUT2D eigenvalue weighted by Crippen LogP contribution is 2.18. The molecule has 0 bridgehead atoms. The standard InChI is InChI=1S/C20H30N2O2/c1-3-17(18-7-5-16(2)6-8-18)15-20(24)21-11-4-12-22-13-9-19(23)10-14-22/h5-8,15,19,23H,3-4,9-14H2,1-2H3,(H,21,24)/b17-15+. The molecular formula is C20H30N2O2. The van der Waals surface area contributed by atoms with Crippen LogP contribution in [0, 0.1) is 6.92 Å². The summed E-state index contributed by atoms with van der Waals surface area (Å²) in [4.78, 5) is 14.5. The first-order chi connectivity index (χ1) is 11.6. The molecule has 1 heterocycles. The normalized spacial score (nSPS) is 17.0. The topological polar surface area (TPSA) is 52.6 Å². The lowest BCUT2D eigenvalue weighted by molar-refractivity contribution is -0.116. The Balaban J connectivity index is 1.74. The number of aryl methyl sites for hydroxylation is 1. The Kier molecular flexibility index (Phi) is 7.47. The first-order valence-corrected chi connectivity index (χ1v) is 9.04. The molecule has 1 aromatic carbocycles. The van der Waals surface area contributed by atoms with Crippen molar-refractivity contribution in [2.75, 3.05) is 26.2 Å². The Labute approximate surface area is 145 Å². The van der Waals surface area contributed by atoms with Gasteiger partial charge in [0.2, 0.25) is 5.91 Å². The second-order valence-corrected chi connectivity index (χ2v) is 6.61. The molecule has 0 atom stereocenters. The van der Waals surface area contributed by atoms with Crippen molar-refractivity contribution in [3.8, 4) is 0 Å². The van der Waals surface area contributed by atoms with Crippen LogP contribution < -0.4 is 5.32 Å². The summed E-state index contributed by atoms with van der Waals surface area (Å²) in [5.41, 5.74) is 3.41. The highest BCUT2D eigenvalue weighted by molar-refractivity contribution is 5.95. The Morgan fingerprint density at radius 3 is 2.58 bits per heavy atom. The SMILES string of the molecule is CC/C(=C\C(=O)NCCCN1CCC(O)CC1)c1ccc(C)cc1. The Morgan fingerprint density at radius 1 is 1.29 bits per heavy atom. The van der Waals surface area contributed by atoms with Crippen molar-refractivity contribution >= 4 is 11.5 Å². The highest BCUT2D eigenvalue weighted by atomic mass is 16.3. The third-order valence-electron chi connectivity index (χ3n) is 4.62. The third kappa shape index (κ3) is 6.10. The van der Waals surface area contributed by atoms with Gasteiger partial charge in [-0.15, -0.1) is 0 Å². The Bertz CT molecular complexity index is 543. The average Bonchev–Trinajstić information content (AvgIpc) is 2.59. The van der Waals surface area contributed by atoms with E-state index in [-0.39, 0.29) is 12.0 Å². The van der Waals surface area contributed by atoms with Crippen LogP contribution in [-0.2, 0) is 4.79 Å².